The molecule has 1 fully saturated rings. The lowest BCUT2D eigenvalue weighted by Crippen LogP contribution is -2.57. The third-order valence-electron chi connectivity index (χ3n) is 6.80. The summed E-state index contributed by atoms with van der Waals surface area (Å²) in [5.74, 6) is -0.397. The maximum atomic E-state index is 13.7. The number of imide groups is 2. The summed E-state index contributed by atoms with van der Waals surface area (Å²) >= 11 is 2.15. The SMILES string of the molecule is COc1cc(C=C2C(=O)N(c3ccccc3)C(=O)N(c3ccccc3)C2=O)cc(I)c1OCc1ccc(C)c(C)c1. The number of rotatable bonds is 7. The first-order chi connectivity index (χ1) is 19.8. The molecule has 0 radical (unpaired) electrons. The lowest BCUT2D eigenvalue weighted by atomic mass is 10.0. The molecule has 1 aliphatic rings. The van der Waals surface area contributed by atoms with E-state index in [9.17, 15) is 14.4 Å². The second-order valence-corrected chi connectivity index (χ2v) is 10.7. The van der Waals surface area contributed by atoms with E-state index in [1.807, 2.05) is 12.1 Å². The van der Waals surface area contributed by atoms with Gasteiger partial charge in [-0.2, -0.15) is 0 Å². The highest BCUT2D eigenvalue weighted by molar-refractivity contribution is 14.1. The Morgan fingerprint density at radius 3 is 1.88 bits per heavy atom. The monoisotopic (exact) mass is 658 g/mol. The molecule has 0 unspecified atom stereocenters. The number of hydrogen-bond acceptors (Lipinski definition) is 5. The lowest BCUT2D eigenvalue weighted by Gasteiger charge is -2.34. The molecule has 206 valence electrons. The number of ether oxygens (including phenoxy) is 2. The molecule has 8 heteroatoms. The second kappa shape index (κ2) is 12.0. The third kappa shape index (κ3) is 5.74. The van der Waals surface area contributed by atoms with Crippen molar-refractivity contribution in [2.75, 3.05) is 16.9 Å². The van der Waals surface area contributed by atoms with Crippen LogP contribution in [-0.4, -0.2) is 25.0 Å². The summed E-state index contributed by atoms with van der Waals surface area (Å²) in [7, 11) is 1.54. The van der Waals surface area contributed by atoms with Gasteiger partial charge in [0.2, 0.25) is 0 Å². The molecule has 0 spiro atoms. The number of nitrogens with zero attached hydrogens (tertiary/aromatic N) is 2. The Hall–Kier alpha value is -4.44. The first-order valence-electron chi connectivity index (χ1n) is 12.9. The summed E-state index contributed by atoms with van der Waals surface area (Å²) in [6.07, 6.45) is 1.49. The minimum absolute atomic E-state index is 0.154. The van der Waals surface area contributed by atoms with Crippen LogP contribution in [0.4, 0.5) is 16.2 Å². The Labute approximate surface area is 252 Å². The van der Waals surface area contributed by atoms with Gasteiger partial charge in [-0.15, -0.1) is 0 Å². The normalized spacial score (nSPS) is 13.5. The number of anilines is 2. The van der Waals surface area contributed by atoms with Gasteiger partial charge < -0.3 is 9.47 Å². The molecule has 0 atom stereocenters. The maximum absolute atomic E-state index is 13.7. The number of amides is 4. The standard InChI is InChI=1S/C33H27IN2O5/c1-21-14-15-23(16-22(21)2)20-41-30-28(34)18-24(19-29(30)40-3)17-27-31(37)35(25-10-6-4-7-11-25)33(39)36(32(27)38)26-12-8-5-9-13-26/h4-19H,20H2,1-3H3. The minimum Gasteiger partial charge on any atom is -0.493 e. The number of barbiturate groups is 1. The smallest absolute Gasteiger partial charge is 0.343 e. The largest absolute Gasteiger partial charge is 0.493 e. The van der Waals surface area contributed by atoms with Gasteiger partial charge in [0.1, 0.15) is 12.2 Å². The highest BCUT2D eigenvalue weighted by Gasteiger charge is 2.43. The fraction of sp³-hybridized carbons (Fsp3) is 0.121. The van der Waals surface area contributed by atoms with E-state index in [-0.39, 0.29) is 5.57 Å². The predicted octanol–water partition coefficient (Wildman–Crippen LogP) is 7.08. The number of aryl methyl sites for hydroxylation is 2. The Morgan fingerprint density at radius 2 is 1.34 bits per heavy atom. The highest BCUT2D eigenvalue weighted by atomic mass is 127. The number of hydrogen-bond donors (Lipinski definition) is 0. The number of para-hydroxylation sites is 2. The van der Waals surface area contributed by atoms with Gasteiger partial charge in [0.25, 0.3) is 11.8 Å². The second-order valence-electron chi connectivity index (χ2n) is 9.53. The summed E-state index contributed by atoms with van der Waals surface area (Å²) < 4.78 is 12.5. The molecule has 0 aliphatic carbocycles. The van der Waals surface area contributed by atoms with Crippen molar-refractivity contribution in [1.82, 2.24) is 0 Å². The molecule has 1 heterocycles. The van der Waals surface area contributed by atoms with Crippen LogP contribution in [0, 0.1) is 17.4 Å². The van der Waals surface area contributed by atoms with Gasteiger partial charge in [0.15, 0.2) is 11.5 Å². The van der Waals surface area contributed by atoms with Gasteiger partial charge in [-0.3, -0.25) is 9.59 Å². The van der Waals surface area contributed by atoms with Crippen LogP contribution in [0.15, 0.2) is 96.6 Å². The fourth-order valence-electron chi connectivity index (χ4n) is 4.52. The van der Waals surface area contributed by atoms with Gasteiger partial charge in [0, 0.05) is 0 Å². The van der Waals surface area contributed by atoms with Crippen LogP contribution in [0.2, 0.25) is 0 Å². The molecule has 0 N–H and O–H groups in total. The zero-order valence-electron chi connectivity index (χ0n) is 22.8. The average molecular weight is 658 g/mol. The Morgan fingerprint density at radius 1 is 0.756 bits per heavy atom. The summed E-state index contributed by atoms with van der Waals surface area (Å²) in [6, 6.07) is 26.1. The molecule has 0 saturated carbocycles. The first-order valence-corrected chi connectivity index (χ1v) is 14.0. The van der Waals surface area contributed by atoms with E-state index in [1.54, 1.807) is 66.7 Å². The van der Waals surface area contributed by atoms with E-state index in [0.29, 0.717) is 35.0 Å². The van der Waals surface area contributed by atoms with Crippen molar-refractivity contribution in [1.29, 1.82) is 0 Å². The Bertz CT molecular complexity index is 1600. The molecule has 1 aliphatic heterocycles. The molecule has 7 nitrogen and oxygen atoms in total. The van der Waals surface area contributed by atoms with Gasteiger partial charge in [-0.25, -0.2) is 14.6 Å². The molecule has 41 heavy (non-hydrogen) atoms. The molecule has 4 aromatic rings. The van der Waals surface area contributed by atoms with Gasteiger partial charge in [-0.1, -0.05) is 54.6 Å². The van der Waals surface area contributed by atoms with Crippen molar-refractivity contribution in [2.24, 2.45) is 0 Å². The fourth-order valence-corrected chi connectivity index (χ4v) is 5.30. The zero-order chi connectivity index (χ0) is 29.1. The van der Waals surface area contributed by atoms with Gasteiger partial charge in [0.05, 0.1) is 22.1 Å². The number of methoxy groups -OCH3 is 1. The van der Waals surface area contributed by atoms with E-state index in [1.165, 1.54) is 24.3 Å². The molecule has 0 bridgehead atoms. The lowest BCUT2D eigenvalue weighted by molar-refractivity contribution is -0.121. The summed E-state index contributed by atoms with van der Waals surface area (Å²) in [6.45, 7) is 4.48. The Balaban J connectivity index is 1.53. The maximum Gasteiger partial charge on any atom is 0.343 e. The number of halogens is 1. The summed E-state index contributed by atoms with van der Waals surface area (Å²) in [5.41, 5.74) is 4.55. The van der Waals surface area contributed by atoms with E-state index < -0.39 is 17.8 Å². The summed E-state index contributed by atoms with van der Waals surface area (Å²) in [5, 5.41) is 0. The zero-order valence-corrected chi connectivity index (χ0v) is 24.9. The number of urea groups is 1. The number of carbonyl (C=O) groups excluding carboxylic acids is 3. The van der Waals surface area contributed by atoms with Gasteiger partial charge in [-0.05, 0) is 101 Å². The van der Waals surface area contributed by atoms with Crippen molar-refractivity contribution >= 4 is 57.9 Å². The van der Waals surface area contributed by atoms with Crippen molar-refractivity contribution in [3.63, 3.8) is 0 Å². The van der Waals surface area contributed by atoms with Crippen LogP contribution in [0.5, 0.6) is 11.5 Å². The predicted molar refractivity (Wildman–Crippen MR) is 167 cm³/mol. The summed E-state index contributed by atoms with van der Waals surface area (Å²) in [4.78, 5) is 42.9. The van der Waals surface area contributed by atoms with Crippen LogP contribution < -0.4 is 19.3 Å². The number of carbonyl (C=O) groups is 3. The molecule has 4 aromatic carbocycles. The molecular formula is C33H27IN2O5. The topological polar surface area (TPSA) is 76.2 Å². The first kappa shape index (κ1) is 28.1. The molecular weight excluding hydrogens is 631 g/mol. The van der Waals surface area contributed by atoms with Crippen LogP contribution in [0.1, 0.15) is 22.3 Å². The van der Waals surface area contributed by atoms with Crippen molar-refractivity contribution in [2.45, 2.75) is 20.5 Å². The van der Waals surface area contributed by atoms with Crippen LogP contribution in [-0.2, 0) is 16.2 Å². The molecule has 0 aromatic heterocycles. The third-order valence-corrected chi connectivity index (χ3v) is 7.60. The Kier molecular flexibility index (Phi) is 8.21. The van der Waals surface area contributed by atoms with Crippen LogP contribution >= 0.6 is 22.6 Å². The van der Waals surface area contributed by atoms with E-state index >= 15 is 0 Å². The molecule has 1 saturated heterocycles. The van der Waals surface area contributed by atoms with E-state index in [0.717, 1.165) is 18.9 Å². The van der Waals surface area contributed by atoms with E-state index in [2.05, 4.69) is 48.6 Å². The van der Waals surface area contributed by atoms with Crippen molar-refractivity contribution < 1.29 is 23.9 Å². The molecule has 4 amide bonds. The van der Waals surface area contributed by atoms with Crippen LogP contribution in [0.3, 0.4) is 0 Å². The average Bonchev–Trinajstić information content (AvgIpc) is 2.97. The number of benzene rings is 4. The van der Waals surface area contributed by atoms with Gasteiger partial charge >= 0.3 is 6.03 Å². The van der Waals surface area contributed by atoms with Crippen molar-refractivity contribution in [3.8, 4) is 11.5 Å². The van der Waals surface area contributed by atoms with Crippen LogP contribution in [0.25, 0.3) is 6.08 Å². The highest BCUT2D eigenvalue weighted by Crippen LogP contribution is 2.36. The minimum atomic E-state index is -0.739. The quantitative estimate of drug-likeness (QED) is 0.121. The molecule has 5 rings (SSSR count). The van der Waals surface area contributed by atoms with E-state index in [4.69, 9.17) is 9.47 Å². The van der Waals surface area contributed by atoms with Crippen molar-refractivity contribution in [3.05, 3.63) is 122 Å².